The molecule has 13 heteroatoms. The molecule has 11 nitrogen and oxygen atoms in total. The summed E-state index contributed by atoms with van der Waals surface area (Å²) in [6.45, 7) is 1.48. The molecule has 3 aliphatic carbocycles. The number of anilines is 1. The number of allylic oxidation sites excluding steroid dienone is 3. The average molecular weight is 584 g/mol. The van der Waals surface area contributed by atoms with Gasteiger partial charge in [0.25, 0.3) is 5.91 Å². The van der Waals surface area contributed by atoms with Gasteiger partial charge in [0, 0.05) is 35.5 Å². The number of amides is 2. The highest BCUT2D eigenvalue weighted by Crippen LogP contribution is 2.59. The van der Waals surface area contributed by atoms with Crippen molar-refractivity contribution in [2.24, 2.45) is 17.6 Å². The Balaban J connectivity index is 1.63. The molecule has 216 valence electrons. The number of carbonyl (C=O) groups is 3. The Morgan fingerprint density at radius 3 is 2.63 bits per heavy atom. The molecule has 6 N–H and O–H groups in total. The topological polar surface area (TPSA) is 171 Å². The zero-order chi connectivity index (χ0) is 30.0. The van der Waals surface area contributed by atoms with E-state index in [0.717, 1.165) is 6.07 Å². The number of nitrogens with one attached hydrogen (secondary N) is 1. The molecule has 2 amide bonds. The van der Waals surface area contributed by atoms with Crippen molar-refractivity contribution < 1.29 is 34.1 Å². The van der Waals surface area contributed by atoms with E-state index >= 15 is 4.39 Å². The molecule has 0 saturated heterocycles. The second-order valence-corrected chi connectivity index (χ2v) is 11.7. The van der Waals surface area contributed by atoms with Crippen LogP contribution in [-0.4, -0.2) is 72.7 Å². The second-order valence-electron chi connectivity index (χ2n) is 10.8. The Kier molecular flexibility index (Phi) is 7.03. The van der Waals surface area contributed by atoms with Crippen LogP contribution in [0, 0.1) is 17.7 Å². The number of likely N-dealkylation sites (N-methyl/N-ethyl adjacent to an activating group) is 1. The quantitative estimate of drug-likeness (QED) is 0.264. The number of primary amides is 1. The van der Waals surface area contributed by atoms with Crippen LogP contribution in [0.4, 0.5) is 10.1 Å². The molecule has 0 aliphatic heterocycles. The number of aromatic hydroxyl groups is 1. The summed E-state index contributed by atoms with van der Waals surface area (Å²) in [5, 5.41) is 35.1. The maximum absolute atomic E-state index is 15.5. The number of hydrogen-bond donors (Lipinski definition) is 5. The number of hydrogen-bond acceptors (Lipinski definition) is 8. The monoisotopic (exact) mass is 583 g/mol. The number of halogens is 1. The molecule has 0 saturated carbocycles. The number of carbonyl (C=O) groups excluding carboxylic acids is 3. The number of aromatic nitrogens is 2. The summed E-state index contributed by atoms with van der Waals surface area (Å²) >= 11 is 0. The lowest BCUT2D eigenvalue weighted by atomic mass is 9.59. The fraction of sp³-hybridized carbons (Fsp3) is 0.357. The van der Waals surface area contributed by atoms with E-state index in [0.29, 0.717) is 0 Å². The van der Waals surface area contributed by atoms with Crippen molar-refractivity contribution in [1.82, 2.24) is 14.5 Å². The molecular formula is C28H31FN5O6P. The molecule has 0 spiro atoms. The van der Waals surface area contributed by atoms with Crippen LogP contribution < -0.4 is 11.1 Å². The zero-order valence-electron chi connectivity index (χ0n) is 22.7. The van der Waals surface area contributed by atoms with Crippen LogP contribution in [0.2, 0.25) is 0 Å². The molecule has 1 unspecified atom stereocenters. The van der Waals surface area contributed by atoms with E-state index in [4.69, 9.17) is 5.73 Å². The Hall–Kier alpha value is -4.02. The number of fused-ring (bicyclic) bond motifs is 3. The van der Waals surface area contributed by atoms with E-state index in [-0.39, 0.29) is 64.4 Å². The van der Waals surface area contributed by atoms with Gasteiger partial charge >= 0.3 is 0 Å². The molecule has 0 bridgehead atoms. The van der Waals surface area contributed by atoms with Crippen LogP contribution in [-0.2, 0) is 22.6 Å². The van der Waals surface area contributed by atoms with E-state index < -0.39 is 52.2 Å². The molecule has 3 aliphatic rings. The van der Waals surface area contributed by atoms with E-state index in [1.165, 1.54) is 17.1 Å². The largest absolute Gasteiger partial charge is 0.511 e. The SMILES string of the molecule is CC=C1C(C(N)=O)=C(O)[C@@H](N(C)C)[C@@H]2C[C@@H]3Cc4c(F)cc(NC(=O)Cn5ccnc5)c(O)c4C(=O)C3=C(O)[C@]12P. The lowest BCUT2D eigenvalue weighted by molar-refractivity contribution is -0.117. The fourth-order valence-corrected chi connectivity index (χ4v) is 7.44. The molecule has 1 aromatic carbocycles. The molecule has 1 heterocycles. The van der Waals surface area contributed by atoms with Crippen molar-refractivity contribution in [3.8, 4) is 5.75 Å². The Morgan fingerprint density at radius 1 is 1.34 bits per heavy atom. The third-order valence-electron chi connectivity index (χ3n) is 8.34. The van der Waals surface area contributed by atoms with Crippen LogP contribution in [0.1, 0.15) is 29.3 Å². The maximum Gasteiger partial charge on any atom is 0.252 e. The Bertz CT molecular complexity index is 1580. The highest BCUT2D eigenvalue weighted by molar-refractivity contribution is 7.20. The van der Waals surface area contributed by atoms with Crippen LogP contribution in [0.5, 0.6) is 5.75 Å². The number of nitrogens with two attached hydrogens (primary N) is 1. The van der Waals surface area contributed by atoms with Crippen molar-refractivity contribution in [1.29, 1.82) is 0 Å². The molecule has 5 atom stereocenters. The van der Waals surface area contributed by atoms with Gasteiger partial charge in [0.15, 0.2) is 11.5 Å². The Labute approximate surface area is 237 Å². The highest BCUT2D eigenvalue weighted by atomic mass is 31.0. The number of imidazole rings is 1. The van der Waals surface area contributed by atoms with E-state index in [1.807, 2.05) is 0 Å². The van der Waals surface area contributed by atoms with Crippen molar-refractivity contribution in [2.75, 3.05) is 19.4 Å². The lowest BCUT2D eigenvalue weighted by Gasteiger charge is -2.53. The summed E-state index contributed by atoms with van der Waals surface area (Å²) in [5.74, 6) is -5.44. The van der Waals surface area contributed by atoms with Crippen LogP contribution in [0.25, 0.3) is 0 Å². The first kappa shape index (κ1) is 28.5. The van der Waals surface area contributed by atoms with Gasteiger partial charge in [-0.15, -0.1) is 9.24 Å². The number of aliphatic hydroxyl groups is 2. The summed E-state index contributed by atoms with van der Waals surface area (Å²) in [6.07, 6.45) is 6.26. The summed E-state index contributed by atoms with van der Waals surface area (Å²) in [7, 11) is 5.98. The molecule has 5 rings (SSSR count). The first-order chi connectivity index (χ1) is 19.3. The van der Waals surface area contributed by atoms with Gasteiger partial charge in [0.2, 0.25) is 5.91 Å². The van der Waals surface area contributed by atoms with Gasteiger partial charge < -0.3 is 30.9 Å². The third-order valence-corrected chi connectivity index (χ3v) is 9.35. The van der Waals surface area contributed by atoms with E-state index in [2.05, 4.69) is 19.5 Å². The number of ketones is 1. The van der Waals surface area contributed by atoms with Crippen LogP contribution in [0.15, 0.2) is 59.1 Å². The van der Waals surface area contributed by atoms with Crippen molar-refractivity contribution >= 4 is 32.5 Å². The maximum atomic E-state index is 15.5. The first-order valence-corrected chi connectivity index (χ1v) is 13.5. The van der Waals surface area contributed by atoms with Crippen LogP contribution in [0.3, 0.4) is 0 Å². The summed E-state index contributed by atoms with van der Waals surface area (Å²) in [6, 6.07) is 0.227. The number of phenols is 1. The van der Waals surface area contributed by atoms with Crippen molar-refractivity contribution in [3.05, 3.63) is 76.0 Å². The number of nitrogens with zero attached hydrogens (tertiary/aromatic N) is 3. The van der Waals surface area contributed by atoms with E-state index in [9.17, 15) is 29.7 Å². The van der Waals surface area contributed by atoms with Gasteiger partial charge in [-0.3, -0.25) is 19.3 Å². The number of rotatable bonds is 5. The van der Waals surface area contributed by atoms with Gasteiger partial charge in [-0.25, -0.2) is 9.37 Å². The van der Waals surface area contributed by atoms with Gasteiger partial charge in [-0.1, -0.05) is 6.08 Å². The van der Waals surface area contributed by atoms with Gasteiger partial charge in [0.1, 0.15) is 23.9 Å². The molecular weight excluding hydrogens is 552 g/mol. The number of aliphatic hydroxyl groups excluding tert-OH is 2. The molecule has 2 aromatic rings. The molecule has 1 aromatic heterocycles. The lowest BCUT2D eigenvalue weighted by Crippen LogP contribution is -2.57. The summed E-state index contributed by atoms with van der Waals surface area (Å²) in [5.41, 5.74) is 5.08. The minimum Gasteiger partial charge on any atom is -0.511 e. The van der Waals surface area contributed by atoms with Crippen LogP contribution >= 0.6 is 9.24 Å². The number of benzene rings is 1. The van der Waals surface area contributed by atoms with Gasteiger partial charge in [-0.2, -0.15) is 0 Å². The zero-order valence-corrected chi connectivity index (χ0v) is 23.8. The third kappa shape index (κ3) is 4.24. The Morgan fingerprint density at radius 2 is 2.05 bits per heavy atom. The molecule has 41 heavy (non-hydrogen) atoms. The second kappa shape index (κ2) is 10.1. The highest BCUT2D eigenvalue weighted by Gasteiger charge is 2.59. The number of phenolic OH excluding ortho intramolecular Hbond substituents is 1. The number of Topliss-reactive ketones (excluding diaryl/α,β-unsaturated/α-hetero) is 1. The van der Waals surface area contributed by atoms with E-state index in [1.54, 1.807) is 38.2 Å². The first-order valence-electron chi connectivity index (χ1n) is 13.0. The van der Waals surface area contributed by atoms with Crippen molar-refractivity contribution in [3.63, 3.8) is 0 Å². The molecule has 0 fully saturated rings. The minimum atomic E-state index is -1.38. The molecule has 0 radical (unpaired) electrons. The summed E-state index contributed by atoms with van der Waals surface area (Å²) < 4.78 is 17.0. The fourth-order valence-electron chi connectivity index (χ4n) is 6.65. The minimum absolute atomic E-state index is 0.0150. The smallest absolute Gasteiger partial charge is 0.252 e. The van der Waals surface area contributed by atoms with Gasteiger partial charge in [-0.05, 0) is 45.4 Å². The predicted molar refractivity (Wildman–Crippen MR) is 151 cm³/mol. The van der Waals surface area contributed by atoms with Crippen molar-refractivity contribution in [2.45, 2.75) is 37.5 Å². The standard InChI is InChI=1S/C28H31FN5O6P/c1-4-14-21(27(30)40)25(38)22(33(2)3)15-8-12-7-13-16(29)9-17(32-18(35)10-34-6-5-31-11-34)23(36)20(13)24(37)19(12)26(39)28(14,15)41/h4-6,9,11-12,15,22,36,38-39H,7-8,10,41H2,1-3H3,(H2,30,40)(H,32,35)/t12-,15-,22-,28-/m0/s1. The normalized spacial score (nSPS) is 26.6. The summed E-state index contributed by atoms with van der Waals surface area (Å²) in [4.78, 5) is 44.6. The average Bonchev–Trinajstić information content (AvgIpc) is 3.40. The predicted octanol–water partition coefficient (Wildman–Crippen LogP) is 2.35. The van der Waals surface area contributed by atoms with Gasteiger partial charge in [0.05, 0.1) is 34.3 Å².